The molecule has 0 radical (unpaired) electrons. The SMILES string of the molecule is O=C(C[C@H]1CN(C(=O)CCc2ccccc2)CC[C@@H]1Oc1ccc(Cl)cc1)N1CCCCC1. The molecule has 2 aromatic rings. The number of aryl methyl sites for hydroxylation is 1. The number of amides is 2. The molecular formula is C27H33ClN2O3. The van der Waals surface area contributed by atoms with Gasteiger partial charge < -0.3 is 14.5 Å². The van der Waals surface area contributed by atoms with Gasteiger partial charge in [-0.25, -0.2) is 0 Å². The Hall–Kier alpha value is -2.53. The Bertz CT molecular complexity index is 913. The molecule has 0 unspecified atom stereocenters. The number of piperidine rings is 2. The summed E-state index contributed by atoms with van der Waals surface area (Å²) in [6.07, 6.45) is 5.60. The smallest absolute Gasteiger partial charge is 0.223 e. The Morgan fingerprint density at radius 3 is 2.33 bits per heavy atom. The number of carbonyl (C=O) groups excluding carboxylic acids is 2. The Labute approximate surface area is 201 Å². The monoisotopic (exact) mass is 468 g/mol. The third-order valence-electron chi connectivity index (χ3n) is 6.73. The van der Waals surface area contributed by atoms with E-state index >= 15 is 0 Å². The second-order valence-electron chi connectivity index (χ2n) is 9.13. The third kappa shape index (κ3) is 6.73. The number of ether oxygens (including phenoxy) is 1. The summed E-state index contributed by atoms with van der Waals surface area (Å²) in [7, 11) is 0. The van der Waals surface area contributed by atoms with Crippen molar-refractivity contribution in [2.24, 2.45) is 5.92 Å². The molecular weight excluding hydrogens is 436 g/mol. The predicted molar refractivity (Wildman–Crippen MR) is 130 cm³/mol. The van der Waals surface area contributed by atoms with Crippen molar-refractivity contribution in [3.8, 4) is 5.75 Å². The maximum Gasteiger partial charge on any atom is 0.223 e. The van der Waals surface area contributed by atoms with E-state index in [1.807, 2.05) is 52.3 Å². The van der Waals surface area contributed by atoms with Crippen LogP contribution in [0, 0.1) is 5.92 Å². The molecule has 0 bridgehead atoms. The molecule has 2 fully saturated rings. The van der Waals surface area contributed by atoms with Gasteiger partial charge in [0.05, 0.1) is 0 Å². The average molecular weight is 469 g/mol. The topological polar surface area (TPSA) is 49.9 Å². The van der Waals surface area contributed by atoms with Gasteiger partial charge in [-0.2, -0.15) is 0 Å². The van der Waals surface area contributed by atoms with Gasteiger partial charge in [0, 0.05) is 56.4 Å². The van der Waals surface area contributed by atoms with Gasteiger partial charge in [0.2, 0.25) is 11.8 Å². The molecule has 2 heterocycles. The highest BCUT2D eigenvalue weighted by Crippen LogP contribution is 2.28. The van der Waals surface area contributed by atoms with Crippen LogP contribution in [0.2, 0.25) is 5.02 Å². The van der Waals surface area contributed by atoms with Crippen LogP contribution in [0.5, 0.6) is 5.75 Å². The van der Waals surface area contributed by atoms with Crippen LogP contribution in [0.25, 0.3) is 0 Å². The molecule has 2 aliphatic heterocycles. The number of likely N-dealkylation sites (tertiary alicyclic amines) is 2. The molecule has 0 aromatic heterocycles. The lowest BCUT2D eigenvalue weighted by molar-refractivity contribution is -0.139. The Morgan fingerprint density at radius 1 is 0.879 bits per heavy atom. The third-order valence-corrected chi connectivity index (χ3v) is 6.99. The molecule has 6 heteroatoms. The van der Waals surface area contributed by atoms with Crippen LogP contribution in [0.4, 0.5) is 0 Å². The highest BCUT2D eigenvalue weighted by Gasteiger charge is 2.35. The molecule has 0 N–H and O–H groups in total. The summed E-state index contributed by atoms with van der Waals surface area (Å²) in [5.41, 5.74) is 1.17. The van der Waals surface area contributed by atoms with E-state index in [-0.39, 0.29) is 23.8 Å². The van der Waals surface area contributed by atoms with Crippen molar-refractivity contribution in [2.75, 3.05) is 26.2 Å². The van der Waals surface area contributed by atoms with Crippen molar-refractivity contribution < 1.29 is 14.3 Å². The molecule has 0 aliphatic carbocycles. The second-order valence-corrected chi connectivity index (χ2v) is 9.57. The minimum Gasteiger partial charge on any atom is -0.490 e. The van der Waals surface area contributed by atoms with Crippen molar-refractivity contribution in [1.29, 1.82) is 0 Å². The van der Waals surface area contributed by atoms with Crippen LogP contribution in [0.15, 0.2) is 54.6 Å². The number of rotatable bonds is 7. The first-order valence-corrected chi connectivity index (χ1v) is 12.5. The van der Waals surface area contributed by atoms with Crippen molar-refractivity contribution in [3.05, 3.63) is 65.2 Å². The fraction of sp³-hybridized carbons (Fsp3) is 0.481. The van der Waals surface area contributed by atoms with Crippen LogP contribution in [-0.2, 0) is 16.0 Å². The van der Waals surface area contributed by atoms with Gasteiger partial charge in [0.25, 0.3) is 0 Å². The van der Waals surface area contributed by atoms with E-state index in [9.17, 15) is 9.59 Å². The quantitative estimate of drug-likeness (QED) is 0.576. The van der Waals surface area contributed by atoms with E-state index in [2.05, 4.69) is 12.1 Å². The van der Waals surface area contributed by atoms with Crippen LogP contribution in [0.3, 0.4) is 0 Å². The number of hydrogen-bond donors (Lipinski definition) is 0. The number of halogens is 1. The van der Waals surface area contributed by atoms with Crippen molar-refractivity contribution in [3.63, 3.8) is 0 Å². The normalized spacial score (nSPS) is 21.0. The second kappa shape index (κ2) is 11.6. The van der Waals surface area contributed by atoms with Crippen molar-refractivity contribution >= 4 is 23.4 Å². The van der Waals surface area contributed by atoms with Gasteiger partial charge in [-0.3, -0.25) is 9.59 Å². The molecule has 2 aliphatic rings. The number of carbonyl (C=O) groups is 2. The van der Waals surface area contributed by atoms with Gasteiger partial charge >= 0.3 is 0 Å². The van der Waals surface area contributed by atoms with Crippen molar-refractivity contribution in [1.82, 2.24) is 9.80 Å². The van der Waals surface area contributed by atoms with E-state index < -0.39 is 0 Å². The zero-order valence-electron chi connectivity index (χ0n) is 19.1. The molecule has 5 nitrogen and oxygen atoms in total. The van der Waals surface area contributed by atoms with Crippen LogP contribution < -0.4 is 4.74 Å². The van der Waals surface area contributed by atoms with E-state index in [0.717, 1.165) is 44.5 Å². The van der Waals surface area contributed by atoms with Gasteiger partial charge in [0.1, 0.15) is 11.9 Å². The molecule has 2 aromatic carbocycles. The first-order chi connectivity index (χ1) is 16.1. The molecule has 2 amide bonds. The first-order valence-electron chi connectivity index (χ1n) is 12.1. The van der Waals surface area contributed by atoms with E-state index in [1.165, 1.54) is 12.0 Å². The lowest BCUT2D eigenvalue weighted by Gasteiger charge is -2.39. The van der Waals surface area contributed by atoms with Crippen molar-refractivity contribution in [2.45, 2.75) is 51.0 Å². The van der Waals surface area contributed by atoms with Gasteiger partial charge in [-0.1, -0.05) is 41.9 Å². The average Bonchev–Trinajstić information content (AvgIpc) is 2.86. The zero-order chi connectivity index (χ0) is 23.0. The van der Waals surface area contributed by atoms with Crippen LogP contribution >= 0.6 is 11.6 Å². The van der Waals surface area contributed by atoms with Gasteiger partial charge in [0.15, 0.2) is 0 Å². The lowest BCUT2D eigenvalue weighted by Crippen LogP contribution is -2.50. The molecule has 2 saturated heterocycles. The van der Waals surface area contributed by atoms with Gasteiger partial charge in [-0.15, -0.1) is 0 Å². The minimum atomic E-state index is -0.0990. The summed E-state index contributed by atoms with van der Waals surface area (Å²) < 4.78 is 6.30. The fourth-order valence-electron chi connectivity index (χ4n) is 4.83. The predicted octanol–water partition coefficient (Wildman–Crippen LogP) is 4.97. The van der Waals surface area contributed by atoms with Gasteiger partial charge in [-0.05, 0) is 55.5 Å². The summed E-state index contributed by atoms with van der Waals surface area (Å²) in [5.74, 6) is 1.07. The first kappa shape index (κ1) is 23.6. The maximum atomic E-state index is 13.0. The summed E-state index contributed by atoms with van der Waals surface area (Å²) in [4.78, 5) is 29.9. The molecule has 0 spiro atoms. The number of hydrogen-bond acceptors (Lipinski definition) is 3. The summed E-state index contributed by atoms with van der Waals surface area (Å²) in [6, 6.07) is 17.5. The minimum absolute atomic E-state index is 0.0236. The molecule has 0 saturated carbocycles. The molecule has 2 atom stereocenters. The molecule has 4 rings (SSSR count). The fourth-order valence-corrected chi connectivity index (χ4v) is 4.95. The highest BCUT2D eigenvalue weighted by atomic mass is 35.5. The largest absolute Gasteiger partial charge is 0.490 e. The summed E-state index contributed by atoms with van der Waals surface area (Å²) >= 11 is 6.02. The van der Waals surface area contributed by atoms with Crippen LogP contribution in [-0.4, -0.2) is 53.9 Å². The van der Waals surface area contributed by atoms with E-state index in [1.54, 1.807) is 0 Å². The van der Waals surface area contributed by atoms with Crippen LogP contribution in [0.1, 0.15) is 44.1 Å². The Kier molecular flexibility index (Phi) is 8.27. The highest BCUT2D eigenvalue weighted by molar-refractivity contribution is 6.30. The van der Waals surface area contributed by atoms with E-state index in [4.69, 9.17) is 16.3 Å². The Morgan fingerprint density at radius 2 is 1.61 bits per heavy atom. The zero-order valence-corrected chi connectivity index (χ0v) is 19.9. The standard InChI is InChI=1S/C27H33ClN2O3/c28-23-10-12-24(13-11-23)33-25-15-18-30(26(31)14-9-21-7-3-1-4-8-21)20-22(25)19-27(32)29-16-5-2-6-17-29/h1,3-4,7-8,10-13,22,25H,2,5-6,9,14-20H2/t22-,25-/m0/s1. The molecule has 33 heavy (non-hydrogen) atoms. The Balaban J connectivity index is 1.40. The summed E-state index contributed by atoms with van der Waals surface area (Å²) in [6.45, 7) is 2.90. The maximum absolute atomic E-state index is 13.0. The molecule has 176 valence electrons. The van der Waals surface area contributed by atoms with E-state index in [0.29, 0.717) is 31.0 Å². The lowest BCUT2D eigenvalue weighted by atomic mass is 9.90. The summed E-state index contributed by atoms with van der Waals surface area (Å²) in [5, 5.41) is 0.665. The number of benzene rings is 2. The number of nitrogens with zero attached hydrogens (tertiary/aromatic N) is 2.